The van der Waals surface area contributed by atoms with Gasteiger partial charge in [-0.05, 0) is 32.0 Å². The van der Waals surface area contributed by atoms with Crippen LogP contribution >= 0.6 is 22.9 Å². The Morgan fingerprint density at radius 2 is 2.04 bits per heavy atom. The average molecular weight is 444 g/mol. The van der Waals surface area contributed by atoms with Crippen LogP contribution < -0.4 is 5.32 Å². The number of anilines is 1. The number of rotatable bonds is 5. The second-order valence-corrected chi connectivity index (χ2v) is 10.2. The summed E-state index contributed by atoms with van der Waals surface area (Å²) in [7, 11) is -3.52. The van der Waals surface area contributed by atoms with Crippen LogP contribution in [0, 0.1) is 0 Å². The molecular formula is C18H22ClN3O4S2. The van der Waals surface area contributed by atoms with E-state index in [2.05, 4.69) is 15.2 Å². The lowest BCUT2D eigenvalue weighted by atomic mass is 10.2. The molecule has 2 unspecified atom stereocenters. The summed E-state index contributed by atoms with van der Waals surface area (Å²) < 4.78 is 29.3. The molecule has 0 spiro atoms. The van der Waals surface area contributed by atoms with Crippen LogP contribution in [0.2, 0.25) is 5.02 Å². The fraction of sp³-hybridized carbons (Fsp3) is 0.444. The van der Waals surface area contributed by atoms with Crippen LogP contribution in [0.4, 0.5) is 5.13 Å². The van der Waals surface area contributed by atoms with Crippen molar-refractivity contribution in [2.24, 2.45) is 0 Å². The van der Waals surface area contributed by atoms with E-state index in [1.165, 1.54) is 29.5 Å². The molecule has 3 rings (SSSR count). The lowest BCUT2D eigenvalue weighted by Gasteiger charge is -2.34. The number of hydrogen-bond acceptors (Lipinski definition) is 7. The van der Waals surface area contributed by atoms with Crippen LogP contribution in [-0.4, -0.2) is 55.8 Å². The molecule has 1 aromatic heterocycles. The lowest BCUT2D eigenvalue weighted by Crippen LogP contribution is -2.44. The van der Waals surface area contributed by atoms with Gasteiger partial charge in [-0.25, -0.2) is 13.4 Å². The van der Waals surface area contributed by atoms with E-state index in [4.69, 9.17) is 16.3 Å². The second-order valence-electron chi connectivity index (χ2n) is 6.97. The predicted octanol–water partition coefficient (Wildman–Crippen LogP) is 3.06. The van der Waals surface area contributed by atoms with E-state index in [1.807, 2.05) is 19.2 Å². The van der Waals surface area contributed by atoms with Crippen molar-refractivity contribution in [3.05, 3.63) is 39.9 Å². The van der Waals surface area contributed by atoms with Crippen molar-refractivity contribution in [2.75, 3.05) is 24.7 Å². The van der Waals surface area contributed by atoms with Crippen molar-refractivity contribution < 1.29 is 17.9 Å². The number of nitrogens with zero attached hydrogens (tertiary/aromatic N) is 2. The van der Waals surface area contributed by atoms with Crippen molar-refractivity contribution in [3.63, 3.8) is 0 Å². The van der Waals surface area contributed by atoms with E-state index in [0.717, 1.165) is 25.0 Å². The van der Waals surface area contributed by atoms with Crippen LogP contribution in [-0.2, 0) is 21.1 Å². The maximum Gasteiger partial charge on any atom is 0.257 e. The molecular weight excluding hydrogens is 422 g/mol. The topological polar surface area (TPSA) is 88.6 Å². The van der Waals surface area contributed by atoms with Gasteiger partial charge in [0.1, 0.15) is 0 Å². The molecule has 0 radical (unpaired) electrons. The second kappa shape index (κ2) is 8.46. The zero-order chi connectivity index (χ0) is 20.5. The molecule has 1 fully saturated rings. The molecule has 2 aromatic rings. The Hall–Kier alpha value is -1.52. The van der Waals surface area contributed by atoms with Gasteiger partial charge in [-0.3, -0.25) is 15.0 Å². The molecule has 28 heavy (non-hydrogen) atoms. The number of aromatic nitrogens is 1. The molecule has 0 bridgehead atoms. The summed E-state index contributed by atoms with van der Waals surface area (Å²) in [6.07, 6.45) is 1.40. The van der Waals surface area contributed by atoms with E-state index in [0.29, 0.717) is 11.7 Å². The number of ether oxygens (including phenoxy) is 1. The summed E-state index contributed by atoms with van der Waals surface area (Å²) >= 11 is 7.26. The van der Waals surface area contributed by atoms with E-state index < -0.39 is 15.7 Å². The minimum Gasteiger partial charge on any atom is -0.373 e. The quantitative estimate of drug-likeness (QED) is 0.763. The minimum atomic E-state index is -3.52. The van der Waals surface area contributed by atoms with Crippen LogP contribution in [0.15, 0.2) is 28.5 Å². The highest BCUT2D eigenvalue weighted by Gasteiger charge is 2.23. The van der Waals surface area contributed by atoms with Crippen molar-refractivity contribution in [2.45, 2.75) is 37.5 Å². The van der Waals surface area contributed by atoms with Gasteiger partial charge in [0.15, 0.2) is 15.0 Å². The van der Waals surface area contributed by atoms with E-state index in [9.17, 15) is 13.2 Å². The average Bonchev–Trinajstić information content (AvgIpc) is 3.00. The Bertz CT molecular complexity index is 967. The highest BCUT2D eigenvalue weighted by atomic mass is 35.5. The number of nitrogens with one attached hydrogen (secondary N) is 1. The number of halogens is 1. The summed E-state index contributed by atoms with van der Waals surface area (Å²) in [6, 6.07) is 4.16. The summed E-state index contributed by atoms with van der Waals surface area (Å²) in [5.41, 5.74) is 1.08. The standard InChI is InChI=1S/C18H22ClN3O4S2/c1-11-7-22(8-12(2)26-11)9-14-10-27-18(20-14)21-17(23)13-4-5-15(19)16(6-13)28(3,24)25/h4-6,10-12H,7-9H2,1-3H3,(H,20,21,23). The molecule has 1 aliphatic rings. The number of hydrogen-bond donors (Lipinski definition) is 1. The Morgan fingerprint density at radius 3 is 2.68 bits per heavy atom. The van der Waals surface area contributed by atoms with Crippen LogP contribution in [0.1, 0.15) is 29.9 Å². The third-order valence-electron chi connectivity index (χ3n) is 4.25. The highest BCUT2D eigenvalue weighted by molar-refractivity contribution is 7.90. The Kier molecular flexibility index (Phi) is 6.41. The lowest BCUT2D eigenvalue weighted by molar-refractivity contribution is -0.0707. The monoisotopic (exact) mass is 443 g/mol. The van der Waals surface area contributed by atoms with Crippen molar-refractivity contribution >= 4 is 43.8 Å². The number of sulfone groups is 1. The number of amides is 1. The van der Waals surface area contributed by atoms with Gasteiger partial charge in [0.05, 0.1) is 27.8 Å². The molecule has 7 nitrogen and oxygen atoms in total. The Labute approximate surface area is 173 Å². The number of thiazole rings is 1. The first kappa shape index (κ1) is 21.2. The summed E-state index contributed by atoms with van der Waals surface area (Å²) in [4.78, 5) is 19.2. The van der Waals surface area contributed by atoms with Crippen LogP contribution in [0.5, 0.6) is 0 Å². The van der Waals surface area contributed by atoms with Crippen molar-refractivity contribution in [1.29, 1.82) is 0 Å². The maximum absolute atomic E-state index is 12.5. The first-order valence-corrected chi connectivity index (χ1v) is 11.9. The first-order valence-electron chi connectivity index (χ1n) is 8.75. The van der Waals surface area contributed by atoms with Crippen LogP contribution in [0.3, 0.4) is 0 Å². The zero-order valence-corrected chi connectivity index (χ0v) is 18.2. The first-order chi connectivity index (χ1) is 13.1. The number of carbonyl (C=O) groups excluding carboxylic acids is 1. The molecule has 1 aliphatic heterocycles. The normalized spacial score (nSPS) is 20.9. The van der Waals surface area contributed by atoms with E-state index in [1.54, 1.807) is 0 Å². The van der Waals surface area contributed by atoms with Gasteiger partial charge in [0.2, 0.25) is 0 Å². The predicted molar refractivity (Wildman–Crippen MR) is 110 cm³/mol. The number of morpholine rings is 1. The largest absolute Gasteiger partial charge is 0.373 e. The maximum atomic E-state index is 12.5. The number of carbonyl (C=O) groups is 1. The molecule has 1 N–H and O–H groups in total. The molecule has 0 aliphatic carbocycles. The summed E-state index contributed by atoms with van der Waals surface area (Å²) in [6.45, 7) is 6.45. The number of benzene rings is 1. The van der Waals surface area contributed by atoms with Gasteiger partial charge >= 0.3 is 0 Å². The van der Waals surface area contributed by atoms with Gasteiger partial charge in [0, 0.05) is 36.8 Å². The van der Waals surface area contributed by atoms with E-state index >= 15 is 0 Å². The van der Waals surface area contributed by atoms with Gasteiger partial charge in [-0.2, -0.15) is 0 Å². The fourth-order valence-corrected chi connectivity index (χ4v) is 5.18. The smallest absolute Gasteiger partial charge is 0.257 e. The van der Waals surface area contributed by atoms with Crippen LogP contribution in [0.25, 0.3) is 0 Å². The van der Waals surface area contributed by atoms with Crippen molar-refractivity contribution in [1.82, 2.24) is 9.88 Å². The van der Waals surface area contributed by atoms with Gasteiger partial charge in [-0.1, -0.05) is 11.6 Å². The zero-order valence-electron chi connectivity index (χ0n) is 15.8. The molecule has 0 saturated carbocycles. The van der Waals surface area contributed by atoms with E-state index in [-0.39, 0.29) is 27.7 Å². The molecule has 1 saturated heterocycles. The third kappa shape index (κ3) is 5.30. The fourth-order valence-electron chi connectivity index (χ4n) is 3.18. The molecule has 152 valence electrons. The Balaban J connectivity index is 1.67. The summed E-state index contributed by atoms with van der Waals surface area (Å²) in [5.74, 6) is -0.434. The summed E-state index contributed by atoms with van der Waals surface area (Å²) in [5, 5.41) is 5.18. The molecule has 1 aromatic carbocycles. The molecule has 2 atom stereocenters. The Morgan fingerprint density at radius 1 is 1.36 bits per heavy atom. The van der Waals surface area contributed by atoms with Gasteiger partial charge in [0.25, 0.3) is 5.91 Å². The SMILES string of the molecule is CC1CN(Cc2csc(NC(=O)c3ccc(Cl)c(S(C)(=O)=O)c3)n2)CC(C)O1. The third-order valence-corrected chi connectivity index (χ3v) is 6.63. The minimum absolute atomic E-state index is 0.0720. The van der Waals surface area contributed by atoms with Gasteiger partial charge < -0.3 is 4.74 Å². The van der Waals surface area contributed by atoms with Gasteiger partial charge in [-0.15, -0.1) is 11.3 Å². The highest BCUT2D eigenvalue weighted by Crippen LogP contribution is 2.24. The molecule has 2 heterocycles. The molecule has 10 heteroatoms. The van der Waals surface area contributed by atoms with Crippen molar-refractivity contribution in [3.8, 4) is 0 Å². The molecule has 1 amide bonds.